The molecule has 3 atom stereocenters. The van der Waals surface area contributed by atoms with Gasteiger partial charge in [-0.25, -0.2) is 9.07 Å². The van der Waals surface area contributed by atoms with Crippen LogP contribution in [0.1, 0.15) is 31.4 Å². The Bertz CT molecular complexity index is 762. The van der Waals surface area contributed by atoms with E-state index in [-0.39, 0.29) is 29.7 Å². The Morgan fingerprint density at radius 3 is 2.78 bits per heavy atom. The highest BCUT2D eigenvalue weighted by Crippen LogP contribution is 2.36. The van der Waals surface area contributed by atoms with E-state index in [1.807, 2.05) is 13.2 Å². The van der Waals surface area contributed by atoms with Crippen LogP contribution < -0.4 is 5.32 Å². The first-order valence-corrected chi connectivity index (χ1v) is 9.32. The number of ether oxygens (including phenoxy) is 1. The van der Waals surface area contributed by atoms with E-state index in [2.05, 4.69) is 17.3 Å². The number of nitrogens with zero attached hydrogens (tertiary/aromatic N) is 3. The molecule has 1 aliphatic heterocycles. The fourth-order valence-corrected chi connectivity index (χ4v) is 3.70. The van der Waals surface area contributed by atoms with Gasteiger partial charge < -0.3 is 15.0 Å². The summed E-state index contributed by atoms with van der Waals surface area (Å²) in [5, 5.41) is 7.94. The Kier molecular flexibility index (Phi) is 6.23. The third kappa shape index (κ3) is 4.36. The lowest BCUT2D eigenvalue weighted by Gasteiger charge is -2.26. The number of hydrogen-bond acceptors (Lipinski definition) is 4. The van der Waals surface area contributed by atoms with Gasteiger partial charge in [-0.05, 0) is 30.7 Å². The maximum absolute atomic E-state index is 13.1. The molecule has 0 radical (unpaired) electrons. The molecular weight excluding hydrogens is 347 g/mol. The molecule has 0 aliphatic carbocycles. The molecular formula is C20H27FN4O2. The lowest BCUT2D eigenvalue weighted by atomic mass is 9.95. The van der Waals surface area contributed by atoms with E-state index in [0.717, 1.165) is 24.2 Å². The first-order chi connectivity index (χ1) is 13.0. The Hall–Kier alpha value is -2.25. The molecule has 0 bridgehead atoms. The maximum Gasteiger partial charge on any atom is 0.223 e. The van der Waals surface area contributed by atoms with Crippen molar-refractivity contribution < 1.29 is 13.9 Å². The number of carbonyl (C=O) groups excluding carboxylic acids is 1. The molecule has 146 valence electrons. The number of hydrogen-bond donors (Lipinski definition) is 1. The largest absolute Gasteiger partial charge is 0.383 e. The van der Waals surface area contributed by atoms with Gasteiger partial charge in [-0.3, -0.25) is 4.79 Å². The Balaban J connectivity index is 1.76. The minimum Gasteiger partial charge on any atom is -0.383 e. The van der Waals surface area contributed by atoms with Crippen molar-refractivity contribution in [2.24, 2.45) is 5.92 Å². The summed E-state index contributed by atoms with van der Waals surface area (Å²) < 4.78 is 20.1. The van der Waals surface area contributed by atoms with Gasteiger partial charge in [-0.2, -0.15) is 5.10 Å². The zero-order chi connectivity index (χ0) is 19.4. The fourth-order valence-electron chi connectivity index (χ4n) is 3.70. The number of benzene rings is 1. The number of methoxy groups -OCH3 is 1. The molecule has 1 aliphatic rings. The smallest absolute Gasteiger partial charge is 0.223 e. The summed E-state index contributed by atoms with van der Waals surface area (Å²) in [4.78, 5) is 14.1. The molecule has 1 aromatic carbocycles. The second-order valence-corrected chi connectivity index (χ2v) is 7.08. The van der Waals surface area contributed by atoms with Gasteiger partial charge in [0.05, 0.1) is 24.5 Å². The minimum atomic E-state index is -0.278. The molecule has 0 saturated carbocycles. The lowest BCUT2D eigenvalue weighted by Crippen LogP contribution is -2.37. The number of rotatable bonds is 8. The summed E-state index contributed by atoms with van der Waals surface area (Å²) in [6.07, 6.45) is 5.20. The molecule has 1 N–H and O–H groups in total. The van der Waals surface area contributed by atoms with Gasteiger partial charge in [-0.1, -0.05) is 6.92 Å². The predicted molar refractivity (Wildman–Crippen MR) is 101 cm³/mol. The monoisotopic (exact) mass is 374 g/mol. The average Bonchev–Trinajstić information content (AvgIpc) is 3.24. The van der Waals surface area contributed by atoms with Gasteiger partial charge >= 0.3 is 0 Å². The molecule has 7 heteroatoms. The number of halogens is 1. The van der Waals surface area contributed by atoms with Crippen LogP contribution in [0.2, 0.25) is 0 Å². The van der Waals surface area contributed by atoms with Gasteiger partial charge in [0.25, 0.3) is 0 Å². The van der Waals surface area contributed by atoms with Crippen molar-refractivity contribution in [3.63, 3.8) is 0 Å². The molecule has 0 spiro atoms. The van der Waals surface area contributed by atoms with Crippen LogP contribution in [0.5, 0.6) is 0 Å². The summed E-state index contributed by atoms with van der Waals surface area (Å²) in [6, 6.07) is 6.44. The van der Waals surface area contributed by atoms with Crippen LogP contribution in [0.25, 0.3) is 5.69 Å². The highest BCUT2D eigenvalue weighted by Gasteiger charge is 2.39. The second kappa shape index (κ2) is 8.63. The van der Waals surface area contributed by atoms with Gasteiger partial charge in [0.15, 0.2) is 0 Å². The van der Waals surface area contributed by atoms with Crippen molar-refractivity contribution in [3.8, 4) is 5.69 Å². The van der Waals surface area contributed by atoms with Crippen LogP contribution >= 0.6 is 0 Å². The second-order valence-electron chi connectivity index (χ2n) is 7.08. The molecule has 2 heterocycles. The van der Waals surface area contributed by atoms with Crippen LogP contribution in [0, 0.1) is 11.7 Å². The SMILES string of the molecule is CC[C@@H](COC)NC[C@@H]1CC(=O)N(C)[C@H]1c1cnn(-c2ccc(F)cc2)c1. The fraction of sp³-hybridized carbons (Fsp3) is 0.500. The number of carbonyl (C=O) groups is 1. The molecule has 0 unspecified atom stereocenters. The third-order valence-corrected chi connectivity index (χ3v) is 5.26. The van der Waals surface area contributed by atoms with Crippen molar-refractivity contribution in [2.75, 3.05) is 27.3 Å². The van der Waals surface area contributed by atoms with E-state index in [9.17, 15) is 9.18 Å². The molecule has 1 saturated heterocycles. The standard InChI is InChI=1S/C20H27FN4O2/c1-4-17(13-27-3)22-10-14-9-19(26)24(2)20(14)15-11-23-25(12-15)18-7-5-16(21)6-8-18/h5-8,11-12,14,17,20,22H,4,9-10,13H2,1-3H3/t14-,17-,20+/m0/s1. The normalized spacial score (nSPS) is 21.0. The summed E-state index contributed by atoms with van der Waals surface area (Å²) in [6.45, 7) is 3.51. The van der Waals surface area contributed by atoms with E-state index in [0.29, 0.717) is 13.0 Å². The quantitative estimate of drug-likeness (QED) is 0.771. The highest BCUT2D eigenvalue weighted by molar-refractivity contribution is 5.79. The molecule has 1 amide bonds. The zero-order valence-corrected chi connectivity index (χ0v) is 16.1. The van der Waals surface area contributed by atoms with Crippen LogP contribution in [-0.4, -0.2) is 53.9 Å². The Morgan fingerprint density at radius 1 is 1.37 bits per heavy atom. The van der Waals surface area contributed by atoms with Crippen LogP contribution in [0.3, 0.4) is 0 Å². The van der Waals surface area contributed by atoms with E-state index in [1.54, 1.807) is 35.0 Å². The van der Waals surface area contributed by atoms with Crippen molar-refractivity contribution in [1.29, 1.82) is 0 Å². The van der Waals surface area contributed by atoms with E-state index in [4.69, 9.17) is 4.74 Å². The van der Waals surface area contributed by atoms with Gasteiger partial charge in [0.1, 0.15) is 5.82 Å². The number of aromatic nitrogens is 2. The summed E-state index contributed by atoms with van der Waals surface area (Å²) in [7, 11) is 3.54. The van der Waals surface area contributed by atoms with Crippen molar-refractivity contribution in [2.45, 2.75) is 31.8 Å². The summed E-state index contributed by atoms with van der Waals surface area (Å²) >= 11 is 0. The molecule has 1 aromatic heterocycles. The van der Waals surface area contributed by atoms with Gasteiger partial charge in [-0.15, -0.1) is 0 Å². The highest BCUT2D eigenvalue weighted by atomic mass is 19.1. The minimum absolute atomic E-state index is 0.0285. The third-order valence-electron chi connectivity index (χ3n) is 5.26. The number of likely N-dealkylation sites (tertiary alicyclic amines) is 1. The maximum atomic E-state index is 13.1. The topological polar surface area (TPSA) is 59.4 Å². The summed E-state index contributed by atoms with van der Waals surface area (Å²) in [5.74, 6) is 0.0281. The van der Waals surface area contributed by atoms with Crippen LogP contribution in [0.4, 0.5) is 4.39 Å². The molecule has 27 heavy (non-hydrogen) atoms. The molecule has 6 nitrogen and oxygen atoms in total. The first kappa shape index (κ1) is 19.5. The Morgan fingerprint density at radius 2 is 2.11 bits per heavy atom. The summed E-state index contributed by atoms with van der Waals surface area (Å²) in [5.41, 5.74) is 1.77. The van der Waals surface area contributed by atoms with E-state index >= 15 is 0 Å². The molecule has 3 rings (SSSR count). The average molecular weight is 374 g/mol. The van der Waals surface area contributed by atoms with Crippen molar-refractivity contribution in [3.05, 3.63) is 48.0 Å². The van der Waals surface area contributed by atoms with Crippen LogP contribution in [-0.2, 0) is 9.53 Å². The van der Waals surface area contributed by atoms with E-state index in [1.165, 1.54) is 12.1 Å². The van der Waals surface area contributed by atoms with E-state index < -0.39 is 0 Å². The van der Waals surface area contributed by atoms with Crippen molar-refractivity contribution >= 4 is 5.91 Å². The molecule has 1 fully saturated rings. The number of nitrogens with one attached hydrogen (secondary N) is 1. The molecule has 2 aromatic rings. The van der Waals surface area contributed by atoms with Gasteiger partial charge in [0, 0.05) is 50.8 Å². The first-order valence-electron chi connectivity index (χ1n) is 9.32. The number of amides is 1. The van der Waals surface area contributed by atoms with Crippen molar-refractivity contribution in [1.82, 2.24) is 20.0 Å². The van der Waals surface area contributed by atoms with Crippen LogP contribution in [0.15, 0.2) is 36.7 Å². The zero-order valence-electron chi connectivity index (χ0n) is 16.1. The van der Waals surface area contributed by atoms with Gasteiger partial charge in [0.2, 0.25) is 5.91 Å². The lowest BCUT2D eigenvalue weighted by molar-refractivity contribution is -0.127. The predicted octanol–water partition coefficient (Wildman–Crippen LogP) is 2.55. The Labute approximate surface area is 159 Å².